The Balaban J connectivity index is 1.28. The van der Waals surface area contributed by atoms with E-state index in [0.29, 0.717) is 36.6 Å². The molecule has 5 rings (SSSR count). The van der Waals surface area contributed by atoms with E-state index < -0.39 is 17.6 Å². The molecular weight excluding hydrogens is 454 g/mol. The summed E-state index contributed by atoms with van der Waals surface area (Å²) in [6, 6.07) is 0.134. The minimum atomic E-state index is -0.738. The largest absolute Gasteiger partial charge is 0.444 e. The number of hydrogen-bond acceptors (Lipinski definition) is 10. The fraction of sp³-hybridized carbons (Fsp3) is 0.739. The Morgan fingerprint density at radius 2 is 2.03 bits per heavy atom. The molecule has 12 nitrogen and oxygen atoms in total. The molecule has 1 amide bonds. The maximum atomic E-state index is 12.5. The average molecular weight is 490 g/mol. The van der Waals surface area contributed by atoms with Gasteiger partial charge in [0.15, 0.2) is 23.5 Å². The third kappa shape index (κ3) is 4.92. The fourth-order valence-electron chi connectivity index (χ4n) is 5.02. The van der Waals surface area contributed by atoms with Gasteiger partial charge in [0, 0.05) is 25.7 Å². The summed E-state index contributed by atoms with van der Waals surface area (Å²) in [4.78, 5) is 27.1. The van der Waals surface area contributed by atoms with E-state index in [1.165, 1.54) is 6.33 Å². The zero-order chi connectivity index (χ0) is 25.0. The molecule has 0 saturated carbocycles. The zero-order valence-corrected chi connectivity index (χ0v) is 20.9. The van der Waals surface area contributed by atoms with Crippen molar-refractivity contribution in [3.05, 3.63) is 12.7 Å². The van der Waals surface area contributed by atoms with Crippen LogP contribution in [-0.2, 0) is 18.9 Å². The van der Waals surface area contributed by atoms with Gasteiger partial charge in [0.2, 0.25) is 0 Å². The Hall–Kier alpha value is -2.54. The highest BCUT2D eigenvalue weighted by Crippen LogP contribution is 2.43. The Labute approximate surface area is 204 Å². The first-order valence-electron chi connectivity index (χ1n) is 12.2. The summed E-state index contributed by atoms with van der Waals surface area (Å²) in [5.74, 6) is -0.421. The Kier molecular flexibility index (Phi) is 6.10. The van der Waals surface area contributed by atoms with Gasteiger partial charge in [0.25, 0.3) is 0 Å². The topological polar surface area (TPSA) is 139 Å². The number of nitrogens with two attached hydrogens (primary N) is 1. The van der Waals surface area contributed by atoms with Crippen molar-refractivity contribution in [3.63, 3.8) is 0 Å². The number of carbonyl (C=O) groups is 1. The molecule has 3 N–H and O–H groups in total. The van der Waals surface area contributed by atoms with E-state index in [-0.39, 0.29) is 30.4 Å². The predicted octanol–water partition coefficient (Wildman–Crippen LogP) is 1.82. The minimum Gasteiger partial charge on any atom is -0.444 e. The number of rotatable bonds is 4. The molecule has 0 aromatic carbocycles. The zero-order valence-electron chi connectivity index (χ0n) is 20.9. The van der Waals surface area contributed by atoms with Gasteiger partial charge in [-0.25, -0.2) is 19.7 Å². The van der Waals surface area contributed by atoms with Crippen LogP contribution >= 0.6 is 0 Å². The smallest absolute Gasteiger partial charge is 0.410 e. The normalized spacial score (nSPS) is 30.5. The van der Waals surface area contributed by atoms with Crippen LogP contribution in [0.25, 0.3) is 11.2 Å². The quantitative estimate of drug-likeness (QED) is 0.654. The molecule has 5 atom stereocenters. The SMILES string of the molecule is CC(C)(C)OC(=O)N1CCCC(NC[C@H]2O[C@@H](n3cnc4c(N)ncnc43)[C@@H]3OC(C)(C)O[C@@H]32)C1. The Morgan fingerprint density at radius 3 is 2.80 bits per heavy atom. The van der Waals surface area contributed by atoms with Crippen molar-refractivity contribution in [2.24, 2.45) is 0 Å². The van der Waals surface area contributed by atoms with E-state index in [1.54, 1.807) is 11.2 Å². The first-order chi connectivity index (χ1) is 16.5. The van der Waals surface area contributed by atoms with Gasteiger partial charge in [-0.1, -0.05) is 0 Å². The molecule has 12 heteroatoms. The lowest BCUT2D eigenvalue weighted by atomic mass is 10.0. The molecule has 1 unspecified atom stereocenters. The molecule has 3 saturated heterocycles. The van der Waals surface area contributed by atoms with Gasteiger partial charge in [0.1, 0.15) is 35.8 Å². The van der Waals surface area contributed by atoms with Crippen LogP contribution in [0.2, 0.25) is 0 Å². The molecule has 2 aromatic heterocycles. The van der Waals surface area contributed by atoms with E-state index in [2.05, 4.69) is 20.3 Å². The molecule has 0 bridgehead atoms. The molecule has 5 heterocycles. The summed E-state index contributed by atoms with van der Waals surface area (Å²) in [5, 5.41) is 3.58. The summed E-state index contributed by atoms with van der Waals surface area (Å²) in [7, 11) is 0. The summed E-state index contributed by atoms with van der Waals surface area (Å²) in [5.41, 5.74) is 6.57. The lowest BCUT2D eigenvalue weighted by Gasteiger charge is -2.35. The maximum Gasteiger partial charge on any atom is 0.410 e. The van der Waals surface area contributed by atoms with Crippen molar-refractivity contribution >= 4 is 23.1 Å². The number of nitrogens with zero attached hydrogens (tertiary/aromatic N) is 5. The van der Waals surface area contributed by atoms with Crippen LogP contribution in [0, 0.1) is 0 Å². The Morgan fingerprint density at radius 1 is 1.26 bits per heavy atom. The number of carbonyl (C=O) groups excluding carboxylic acids is 1. The first kappa shape index (κ1) is 24.2. The number of ether oxygens (including phenoxy) is 4. The van der Waals surface area contributed by atoms with Crippen molar-refractivity contribution in [1.29, 1.82) is 0 Å². The number of amides is 1. The van der Waals surface area contributed by atoms with Gasteiger partial charge < -0.3 is 34.9 Å². The summed E-state index contributed by atoms with van der Waals surface area (Å²) in [6.07, 6.45) is 3.32. The molecule has 0 radical (unpaired) electrons. The monoisotopic (exact) mass is 489 g/mol. The van der Waals surface area contributed by atoms with Gasteiger partial charge in [0.05, 0.1) is 6.33 Å². The third-order valence-electron chi connectivity index (χ3n) is 6.47. The second kappa shape index (κ2) is 8.84. The number of aromatic nitrogens is 4. The fourth-order valence-corrected chi connectivity index (χ4v) is 5.02. The van der Waals surface area contributed by atoms with Crippen molar-refractivity contribution in [2.45, 2.75) is 89.4 Å². The lowest BCUT2D eigenvalue weighted by Crippen LogP contribution is -2.51. The van der Waals surface area contributed by atoms with Crippen molar-refractivity contribution in [3.8, 4) is 0 Å². The van der Waals surface area contributed by atoms with Gasteiger partial charge in [-0.2, -0.15) is 0 Å². The number of nitrogens with one attached hydrogen (secondary N) is 1. The molecule has 3 aliphatic heterocycles. The van der Waals surface area contributed by atoms with E-state index in [4.69, 9.17) is 24.7 Å². The highest BCUT2D eigenvalue weighted by molar-refractivity contribution is 5.81. The second-order valence-corrected chi connectivity index (χ2v) is 10.9. The number of piperidine rings is 1. The third-order valence-corrected chi connectivity index (χ3v) is 6.47. The van der Waals surface area contributed by atoms with Crippen LogP contribution in [0.15, 0.2) is 12.7 Å². The molecule has 0 aliphatic carbocycles. The maximum absolute atomic E-state index is 12.5. The number of hydrogen-bond donors (Lipinski definition) is 2. The first-order valence-corrected chi connectivity index (χ1v) is 12.2. The minimum absolute atomic E-state index is 0.134. The van der Waals surface area contributed by atoms with Crippen LogP contribution in [0.3, 0.4) is 0 Å². The van der Waals surface area contributed by atoms with Gasteiger partial charge >= 0.3 is 6.09 Å². The van der Waals surface area contributed by atoms with Crippen LogP contribution < -0.4 is 11.1 Å². The predicted molar refractivity (Wildman–Crippen MR) is 126 cm³/mol. The number of nitrogen functional groups attached to an aromatic ring is 1. The molecule has 0 spiro atoms. The van der Waals surface area contributed by atoms with Crippen LogP contribution in [0.1, 0.15) is 53.7 Å². The lowest BCUT2D eigenvalue weighted by molar-refractivity contribution is -0.195. The molecule has 2 aromatic rings. The molecule has 3 fully saturated rings. The van der Waals surface area contributed by atoms with Crippen LogP contribution in [0.4, 0.5) is 10.6 Å². The Bertz CT molecular complexity index is 1080. The van der Waals surface area contributed by atoms with Crippen molar-refractivity contribution in [1.82, 2.24) is 29.7 Å². The number of fused-ring (bicyclic) bond motifs is 2. The summed E-state index contributed by atoms with van der Waals surface area (Å²) < 4.78 is 26.3. The number of anilines is 1. The molecule has 3 aliphatic rings. The van der Waals surface area contributed by atoms with Gasteiger partial charge in [-0.15, -0.1) is 0 Å². The second-order valence-electron chi connectivity index (χ2n) is 10.9. The molecular formula is C23H35N7O5. The number of imidazole rings is 1. The van der Waals surface area contributed by atoms with E-state index in [0.717, 1.165) is 12.8 Å². The standard InChI is InChI=1S/C23H35N7O5/c1-22(2,3)35-21(31)29-8-6-7-13(10-29)25-9-14-16-17(34-23(4,5)33-16)20(32-14)30-12-28-15-18(24)26-11-27-19(15)30/h11-14,16-17,20,25H,6-10H2,1-5H3,(H2,24,26,27)/t13?,14-,16-,17-,20-/m1/s1. The van der Waals surface area contributed by atoms with Gasteiger partial charge in [-0.05, 0) is 47.5 Å². The molecule has 192 valence electrons. The molecule has 35 heavy (non-hydrogen) atoms. The summed E-state index contributed by atoms with van der Waals surface area (Å²) in [6.45, 7) is 11.3. The van der Waals surface area contributed by atoms with Crippen LogP contribution in [0.5, 0.6) is 0 Å². The van der Waals surface area contributed by atoms with Crippen molar-refractivity contribution < 1.29 is 23.7 Å². The van der Waals surface area contributed by atoms with Crippen molar-refractivity contribution in [2.75, 3.05) is 25.4 Å². The van der Waals surface area contributed by atoms with Crippen LogP contribution in [-0.4, -0.2) is 85.9 Å². The highest BCUT2D eigenvalue weighted by atomic mass is 16.8. The number of likely N-dealkylation sites (tertiary alicyclic amines) is 1. The highest BCUT2D eigenvalue weighted by Gasteiger charge is 2.56. The van der Waals surface area contributed by atoms with E-state index in [9.17, 15) is 4.79 Å². The average Bonchev–Trinajstić information content (AvgIpc) is 3.43. The summed E-state index contributed by atoms with van der Waals surface area (Å²) >= 11 is 0. The van der Waals surface area contributed by atoms with E-state index in [1.807, 2.05) is 39.2 Å². The van der Waals surface area contributed by atoms with Gasteiger partial charge in [-0.3, -0.25) is 4.57 Å². The van der Waals surface area contributed by atoms with E-state index >= 15 is 0 Å².